The van der Waals surface area contributed by atoms with Crippen LogP contribution in [0.5, 0.6) is 0 Å². The fourth-order valence-corrected chi connectivity index (χ4v) is 3.64. The maximum absolute atomic E-state index is 12.1. The summed E-state index contributed by atoms with van der Waals surface area (Å²) in [5.41, 5.74) is 0. The molecule has 108 valence electrons. The summed E-state index contributed by atoms with van der Waals surface area (Å²) in [5.74, 6) is 0.544. The molecule has 0 unspecified atom stereocenters. The van der Waals surface area contributed by atoms with E-state index >= 15 is 0 Å². The summed E-state index contributed by atoms with van der Waals surface area (Å²) in [6.45, 7) is 0.754. The number of ether oxygens (including phenoxy) is 1. The van der Waals surface area contributed by atoms with Crippen LogP contribution in [0.15, 0.2) is 11.2 Å². The van der Waals surface area contributed by atoms with Gasteiger partial charge in [-0.25, -0.2) is 13.1 Å². The van der Waals surface area contributed by atoms with Crippen molar-refractivity contribution in [2.45, 2.75) is 36.8 Å². The van der Waals surface area contributed by atoms with Gasteiger partial charge in [-0.2, -0.15) is 0 Å². The van der Waals surface area contributed by atoms with Crippen LogP contribution in [-0.2, 0) is 21.8 Å². The first-order chi connectivity index (χ1) is 9.01. The lowest BCUT2D eigenvalue weighted by molar-refractivity contribution is 0.126. The van der Waals surface area contributed by atoms with E-state index in [1.54, 1.807) is 14.2 Å². The first-order valence-corrected chi connectivity index (χ1v) is 7.87. The molecule has 0 saturated heterocycles. The monoisotopic (exact) mass is 288 g/mol. The molecule has 1 heterocycles. The van der Waals surface area contributed by atoms with Gasteiger partial charge >= 0.3 is 0 Å². The normalized spacial score (nSPS) is 24.5. The fraction of sp³-hybridized carbons (Fsp3) is 0.818. The largest absolute Gasteiger partial charge is 0.384 e. The summed E-state index contributed by atoms with van der Waals surface area (Å²) >= 11 is 0. The number of nitrogens with one attached hydrogen (secondary N) is 1. The maximum atomic E-state index is 12.1. The minimum absolute atomic E-state index is 0.0138. The van der Waals surface area contributed by atoms with Crippen molar-refractivity contribution < 1.29 is 13.2 Å². The third kappa shape index (κ3) is 3.74. The van der Waals surface area contributed by atoms with Gasteiger partial charge < -0.3 is 4.74 Å². The Morgan fingerprint density at radius 2 is 2.11 bits per heavy atom. The number of aromatic nitrogens is 3. The minimum atomic E-state index is -3.54. The molecule has 1 aromatic rings. The van der Waals surface area contributed by atoms with E-state index in [0.29, 0.717) is 5.92 Å². The molecule has 0 amide bonds. The molecule has 7 nitrogen and oxygen atoms in total. The number of hydrogen-bond donors (Lipinski definition) is 1. The second-order valence-electron chi connectivity index (χ2n) is 5.02. The molecule has 1 N–H and O–H groups in total. The number of rotatable bonds is 5. The molecule has 2 rings (SSSR count). The van der Waals surface area contributed by atoms with Crippen LogP contribution in [-0.4, -0.2) is 43.2 Å². The number of sulfonamides is 1. The molecule has 8 heteroatoms. The van der Waals surface area contributed by atoms with Crippen molar-refractivity contribution in [3.8, 4) is 0 Å². The molecule has 0 spiro atoms. The quantitative estimate of drug-likeness (QED) is 0.842. The Morgan fingerprint density at radius 3 is 2.63 bits per heavy atom. The first-order valence-electron chi connectivity index (χ1n) is 6.39. The molecule has 0 bridgehead atoms. The SMILES string of the molecule is COCC1CCC(NS(=O)(=O)c2cn(C)nn2)CC1. The summed E-state index contributed by atoms with van der Waals surface area (Å²) in [6, 6.07) is -0.0138. The van der Waals surface area contributed by atoms with Crippen molar-refractivity contribution in [2.24, 2.45) is 13.0 Å². The van der Waals surface area contributed by atoms with E-state index in [1.165, 1.54) is 10.9 Å². The second-order valence-corrected chi connectivity index (χ2v) is 6.69. The average Bonchev–Trinajstić information content (AvgIpc) is 2.79. The van der Waals surface area contributed by atoms with E-state index in [-0.39, 0.29) is 11.1 Å². The fourth-order valence-electron chi connectivity index (χ4n) is 2.41. The topological polar surface area (TPSA) is 86.1 Å². The zero-order valence-electron chi connectivity index (χ0n) is 11.2. The molecule has 0 atom stereocenters. The van der Waals surface area contributed by atoms with Crippen LogP contribution >= 0.6 is 0 Å². The van der Waals surface area contributed by atoms with Crippen LogP contribution in [0.4, 0.5) is 0 Å². The molecule has 1 aliphatic carbocycles. The summed E-state index contributed by atoms with van der Waals surface area (Å²) < 4.78 is 33.4. The Bertz CT molecular complexity index is 506. The Balaban J connectivity index is 1.92. The Morgan fingerprint density at radius 1 is 1.42 bits per heavy atom. The Labute approximate surface area is 113 Å². The molecule has 1 aromatic heterocycles. The van der Waals surface area contributed by atoms with Crippen molar-refractivity contribution in [3.05, 3.63) is 6.20 Å². The number of aryl methyl sites for hydroxylation is 1. The van der Waals surface area contributed by atoms with Gasteiger partial charge in [0.1, 0.15) is 0 Å². The highest BCUT2D eigenvalue weighted by Gasteiger charge is 2.27. The molecule has 0 aromatic carbocycles. The maximum Gasteiger partial charge on any atom is 0.261 e. The summed E-state index contributed by atoms with van der Waals surface area (Å²) in [7, 11) is -0.206. The third-order valence-electron chi connectivity index (χ3n) is 3.43. The van der Waals surface area contributed by atoms with Crippen molar-refractivity contribution in [2.75, 3.05) is 13.7 Å². The summed E-state index contributed by atoms with van der Waals surface area (Å²) in [4.78, 5) is 0. The summed E-state index contributed by atoms with van der Waals surface area (Å²) in [5, 5.41) is 7.26. The lowest BCUT2D eigenvalue weighted by Crippen LogP contribution is -2.38. The van der Waals surface area contributed by atoms with Gasteiger partial charge in [-0.3, -0.25) is 4.68 Å². The van der Waals surface area contributed by atoms with Gasteiger partial charge in [-0.1, -0.05) is 5.21 Å². The van der Waals surface area contributed by atoms with Crippen LogP contribution in [0.2, 0.25) is 0 Å². The van der Waals surface area contributed by atoms with E-state index in [9.17, 15) is 8.42 Å². The highest BCUT2D eigenvalue weighted by atomic mass is 32.2. The third-order valence-corrected chi connectivity index (χ3v) is 4.81. The molecular formula is C11H20N4O3S. The zero-order valence-corrected chi connectivity index (χ0v) is 12.1. The minimum Gasteiger partial charge on any atom is -0.384 e. The molecule has 19 heavy (non-hydrogen) atoms. The van der Waals surface area contributed by atoms with Crippen LogP contribution < -0.4 is 4.72 Å². The number of hydrogen-bond acceptors (Lipinski definition) is 5. The van der Waals surface area contributed by atoms with Crippen LogP contribution in [0.3, 0.4) is 0 Å². The molecule has 1 saturated carbocycles. The van der Waals surface area contributed by atoms with Gasteiger partial charge in [0.2, 0.25) is 5.03 Å². The van der Waals surface area contributed by atoms with Crippen molar-refractivity contribution in [1.82, 2.24) is 19.7 Å². The van der Waals surface area contributed by atoms with Crippen molar-refractivity contribution in [3.63, 3.8) is 0 Å². The van der Waals surface area contributed by atoms with Gasteiger partial charge in [0.05, 0.1) is 6.20 Å². The van der Waals surface area contributed by atoms with Gasteiger partial charge in [0.15, 0.2) is 0 Å². The first kappa shape index (κ1) is 14.4. The molecule has 0 aliphatic heterocycles. The van der Waals surface area contributed by atoms with Gasteiger partial charge in [-0.15, -0.1) is 5.10 Å². The smallest absolute Gasteiger partial charge is 0.261 e. The zero-order chi connectivity index (χ0) is 13.9. The van der Waals surface area contributed by atoms with E-state index < -0.39 is 10.0 Å². The van der Waals surface area contributed by atoms with Crippen LogP contribution in [0.25, 0.3) is 0 Å². The van der Waals surface area contributed by atoms with Crippen LogP contribution in [0, 0.1) is 5.92 Å². The number of nitrogens with zero attached hydrogens (tertiary/aromatic N) is 3. The number of methoxy groups -OCH3 is 1. The Hall–Kier alpha value is -0.990. The van der Waals surface area contributed by atoms with E-state index in [0.717, 1.165) is 32.3 Å². The lowest BCUT2D eigenvalue weighted by atomic mass is 9.87. The van der Waals surface area contributed by atoms with E-state index in [1.807, 2.05) is 0 Å². The molecular weight excluding hydrogens is 268 g/mol. The molecule has 1 fully saturated rings. The predicted molar refractivity (Wildman–Crippen MR) is 68.9 cm³/mol. The second kappa shape index (κ2) is 5.98. The van der Waals surface area contributed by atoms with Gasteiger partial charge in [0, 0.05) is 26.8 Å². The standard InChI is InChI=1S/C11H20N4O3S/c1-15-7-11(12-14-15)19(16,17)13-10-5-3-9(4-6-10)8-18-2/h7,9-10,13H,3-6,8H2,1-2H3. The Kier molecular flexibility index (Phi) is 4.54. The highest BCUT2D eigenvalue weighted by molar-refractivity contribution is 7.89. The van der Waals surface area contributed by atoms with Gasteiger partial charge in [0.25, 0.3) is 10.0 Å². The van der Waals surface area contributed by atoms with Crippen LogP contribution in [0.1, 0.15) is 25.7 Å². The average molecular weight is 288 g/mol. The lowest BCUT2D eigenvalue weighted by Gasteiger charge is -2.28. The van der Waals surface area contributed by atoms with Gasteiger partial charge in [-0.05, 0) is 31.6 Å². The van der Waals surface area contributed by atoms with E-state index in [2.05, 4.69) is 15.0 Å². The van der Waals surface area contributed by atoms with E-state index in [4.69, 9.17) is 4.74 Å². The predicted octanol–water partition coefficient (Wildman–Crippen LogP) is 0.299. The summed E-state index contributed by atoms with van der Waals surface area (Å²) in [6.07, 6.45) is 5.06. The molecule has 1 aliphatic rings. The van der Waals surface area contributed by atoms with Crippen molar-refractivity contribution in [1.29, 1.82) is 0 Å². The molecule has 0 radical (unpaired) electrons. The highest BCUT2D eigenvalue weighted by Crippen LogP contribution is 2.25. The van der Waals surface area contributed by atoms with Crippen molar-refractivity contribution >= 4 is 10.0 Å².